The molecule has 4 rings (SSSR count). The second kappa shape index (κ2) is 10.5. The van der Waals surface area contributed by atoms with Gasteiger partial charge in [0.15, 0.2) is 5.82 Å². The maximum absolute atomic E-state index is 6.03. The van der Waals surface area contributed by atoms with Crippen molar-refractivity contribution in [1.82, 2.24) is 14.5 Å². The molecule has 30 heavy (non-hydrogen) atoms. The highest BCUT2D eigenvalue weighted by Crippen LogP contribution is 2.30. The molecule has 158 valence electrons. The molecule has 0 spiro atoms. The van der Waals surface area contributed by atoms with Crippen LogP contribution in [-0.4, -0.2) is 21.1 Å². The lowest BCUT2D eigenvalue weighted by atomic mass is 10.2. The third kappa shape index (κ3) is 5.15. The third-order valence-electron chi connectivity index (χ3n) is 4.38. The fraction of sp³-hybridized carbons (Fsp3) is 0.143. The molecule has 0 fully saturated rings. The smallest absolute Gasteiger partial charge is 0.158 e. The molecule has 0 saturated heterocycles. The van der Waals surface area contributed by atoms with Gasteiger partial charge in [-0.15, -0.1) is 24.8 Å². The van der Waals surface area contributed by atoms with E-state index in [4.69, 9.17) is 22.1 Å². The van der Waals surface area contributed by atoms with Gasteiger partial charge in [-0.3, -0.25) is 0 Å². The van der Waals surface area contributed by atoms with E-state index >= 15 is 0 Å². The summed E-state index contributed by atoms with van der Waals surface area (Å²) < 4.78 is 8.00. The molecule has 2 heterocycles. The minimum absolute atomic E-state index is 0. The average Bonchev–Trinajstić information content (AvgIpc) is 3.09. The van der Waals surface area contributed by atoms with Gasteiger partial charge in [-0.25, -0.2) is 9.97 Å². The van der Waals surface area contributed by atoms with E-state index in [1.165, 1.54) is 0 Å². The highest BCUT2D eigenvalue weighted by molar-refractivity contribution is 6.30. The maximum atomic E-state index is 6.03. The number of halogens is 3. The zero-order valence-corrected chi connectivity index (χ0v) is 18.6. The summed E-state index contributed by atoms with van der Waals surface area (Å²) in [4.78, 5) is 8.75. The number of aromatic nitrogens is 3. The summed E-state index contributed by atoms with van der Waals surface area (Å²) in [7, 11) is 0. The molecule has 0 unspecified atom stereocenters. The molecule has 0 radical (unpaired) electrons. The molecule has 9 heteroatoms. The molecule has 0 aliphatic rings. The molecular weight excluding hydrogens is 445 g/mol. The highest BCUT2D eigenvalue weighted by Gasteiger charge is 2.10. The van der Waals surface area contributed by atoms with Crippen molar-refractivity contribution < 1.29 is 4.74 Å². The van der Waals surface area contributed by atoms with Gasteiger partial charge in [-0.05, 0) is 55.0 Å². The number of anilines is 2. The van der Waals surface area contributed by atoms with Crippen LogP contribution in [0.25, 0.3) is 11.0 Å². The SMILES string of the molecule is Cc1cc(Nc2ncnc3ccn(CCN)c23)ccc1Oc1cccc(Cl)c1.Cl.Cl. The van der Waals surface area contributed by atoms with Crippen LogP contribution in [-0.2, 0) is 6.54 Å². The number of fused-ring (bicyclic) bond motifs is 1. The monoisotopic (exact) mass is 465 g/mol. The number of nitrogens with zero attached hydrogens (tertiary/aromatic N) is 3. The first-order chi connectivity index (χ1) is 13.6. The summed E-state index contributed by atoms with van der Waals surface area (Å²) in [5.41, 5.74) is 9.44. The zero-order chi connectivity index (χ0) is 19.5. The minimum Gasteiger partial charge on any atom is -0.457 e. The zero-order valence-electron chi connectivity index (χ0n) is 16.2. The van der Waals surface area contributed by atoms with Crippen LogP contribution in [0, 0.1) is 6.92 Å². The molecular formula is C21H22Cl3N5O. The Morgan fingerprint density at radius 2 is 1.93 bits per heavy atom. The molecule has 4 aromatic rings. The molecule has 3 N–H and O–H groups in total. The fourth-order valence-corrected chi connectivity index (χ4v) is 3.27. The molecule has 2 aromatic carbocycles. The lowest BCUT2D eigenvalue weighted by molar-refractivity contribution is 0.479. The molecule has 0 bridgehead atoms. The van der Waals surface area contributed by atoms with Gasteiger partial charge in [-0.2, -0.15) is 0 Å². The van der Waals surface area contributed by atoms with E-state index in [9.17, 15) is 0 Å². The van der Waals surface area contributed by atoms with E-state index in [0.29, 0.717) is 23.9 Å². The van der Waals surface area contributed by atoms with Gasteiger partial charge in [-0.1, -0.05) is 17.7 Å². The first-order valence-corrected chi connectivity index (χ1v) is 9.33. The van der Waals surface area contributed by atoms with Crippen molar-refractivity contribution in [3.05, 3.63) is 71.6 Å². The number of nitrogens with two attached hydrogens (primary N) is 1. The molecule has 0 saturated carbocycles. The predicted octanol–water partition coefficient (Wildman–Crippen LogP) is 5.73. The topological polar surface area (TPSA) is 78.0 Å². The van der Waals surface area contributed by atoms with E-state index in [1.807, 2.05) is 55.6 Å². The Kier molecular flexibility index (Phi) is 8.32. The summed E-state index contributed by atoms with van der Waals surface area (Å²) in [5, 5.41) is 4.02. The van der Waals surface area contributed by atoms with Gasteiger partial charge in [0.25, 0.3) is 0 Å². The Morgan fingerprint density at radius 1 is 1.10 bits per heavy atom. The lowest BCUT2D eigenvalue weighted by Gasteiger charge is -2.13. The predicted molar refractivity (Wildman–Crippen MR) is 127 cm³/mol. The average molecular weight is 467 g/mol. The van der Waals surface area contributed by atoms with E-state index in [-0.39, 0.29) is 24.8 Å². The third-order valence-corrected chi connectivity index (χ3v) is 4.62. The molecule has 0 aliphatic heterocycles. The highest BCUT2D eigenvalue weighted by atomic mass is 35.5. The Morgan fingerprint density at radius 3 is 2.67 bits per heavy atom. The van der Waals surface area contributed by atoms with Crippen molar-refractivity contribution >= 4 is 59.0 Å². The van der Waals surface area contributed by atoms with Crippen LogP contribution < -0.4 is 15.8 Å². The lowest BCUT2D eigenvalue weighted by Crippen LogP contribution is -2.10. The normalized spacial score (nSPS) is 10.2. The Balaban J connectivity index is 0.00000160. The van der Waals surface area contributed by atoms with Crippen LogP contribution >= 0.6 is 36.4 Å². The Labute approximate surface area is 192 Å². The van der Waals surface area contributed by atoms with E-state index in [2.05, 4.69) is 19.9 Å². The van der Waals surface area contributed by atoms with Crippen LogP contribution in [0.1, 0.15) is 5.56 Å². The number of aryl methyl sites for hydroxylation is 1. The largest absolute Gasteiger partial charge is 0.457 e. The second-order valence-corrected chi connectivity index (χ2v) is 6.86. The first kappa shape index (κ1) is 23.8. The molecule has 0 atom stereocenters. The van der Waals surface area contributed by atoms with Gasteiger partial charge in [0, 0.05) is 30.0 Å². The molecule has 0 aliphatic carbocycles. The molecule has 6 nitrogen and oxygen atoms in total. The van der Waals surface area contributed by atoms with Crippen molar-refractivity contribution in [2.45, 2.75) is 13.5 Å². The van der Waals surface area contributed by atoms with Crippen LogP contribution in [0.5, 0.6) is 11.5 Å². The summed E-state index contributed by atoms with van der Waals surface area (Å²) in [5.74, 6) is 2.21. The van der Waals surface area contributed by atoms with Crippen molar-refractivity contribution in [2.24, 2.45) is 5.73 Å². The van der Waals surface area contributed by atoms with Crippen LogP contribution in [0.3, 0.4) is 0 Å². The summed E-state index contributed by atoms with van der Waals surface area (Å²) in [6.45, 7) is 3.25. The van der Waals surface area contributed by atoms with E-state index in [0.717, 1.165) is 33.9 Å². The number of ether oxygens (including phenoxy) is 1. The second-order valence-electron chi connectivity index (χ2n) is 6.42. The van der Waals surface area contributed by atoms with E-state index < -0.39 is 0 Å². The number of hydrogen-bond donors (Lipinski definition) is 2. The number of benzene rings is 2. The van der Waals surface area contributed by atoms with Crippen molar-refractivity contribution in [3.63, 3.8) is 0 Å². The minimum atomic E-state index is 0. The number of rotatable bonds is 6. The summed E-state index contributed by atoms with van der Waals surface area (Å²) >= 11 is 6.03. The van der Waals surface area contributed by atoms with E-state index in [1.54, 1.807) is 12.4 Å². The van der Waals surface area contributed by atoms with Crippen molar-refractivity contribution in [1.29, 1.82) is 0 Å². The quantitative estimate of drug-likeness (QED) is 0.379. The molecule has 2 aromatic heterocycles. The van der Waals surface area contributed by atoms with Gasteiger partial charge in [0.2, 0.25) is 0 Å². The fourth-order valence-electron chi connectivity index (χ4n) is 3.09. The number of hydrogen-bond acceptors (Lipinski definition) is 5. The first-order valence-electron chi connectivity index (χ1n) is 8.95. The summed E-state index contributed by atoms with van der Waals surface area (Å²) in [6, 6.07) is 15.2. The number of nitrogens with one attached hydrogen (secondary N) is 1. The van der Waals surface area contributed by atoms with Crippen molar-refractivity contribution in [2.75, 3.05) is 11.9 Å². The van der Waals surface area contributed by atoms with Crippen LogP contribution in [0.2, 0.25) is 5.02 Å². The Hall–Kier alpha value is -2.51. The summed E-state index contributed by atoms with van der Waals surface area (Å²) in [6.07, 6.45) is 3.53. The molecule has 0 amide bonds. The Bertz CT molecular complexity index is 1130. The van der Waals surface area contributed by atoms with Crippen molar-refractivity contribution in [3.8, 4) is 11.5 Å². The van der Waals surface area contributed by atoms with Gasteiger partial charge in [0.1, 0.15) is 23.3 Å². The van der Waals surface area contributed by atoms with Crippen LogP contribution in [0.15, 0.2) is 61.1 Å². The van der Waals surface area contributed by atoms with Gasteiger partial charge < -0.3 is 20.4 Å². The van der Waals surface area contributed by atoms with Crippen LogP contribution in [0.4, 0.5) is 11.5 Å². The van der Waals surface area contributed by atoms with Gasteiger partial charge >= 0.3 is 0 Å². The maximum Gasteiger partial charge on any atom is 0.158 e. The van der Waals surface area contributed by atoms with Gasteiger partial charge in [0.05, 0.1) is 5.52 Å². The standard InChI is InChI=1S/C21H20ClN5O.2ClH/c1-14-11-16(5-6-19(14)28-17-4-2-3-15(22)12-17)26-21-20-18(24-13-25-21)7-9-27(20)10-8-23;;/h2-7,9,11-13H,8,10,23H2,1H3,(H,24,25,26);2*1H.